The van der Waals surface area contributed by atoms with Crippen molar-refractivity contribution in [3.8, 4) is 11.6 Å². The molecule has 1 aromatic heterocycles. The fourth-order valence-electron chi connectivity index (χ4n) is 3.05. The third kappa shape index (κ3) is 7.17. The predicted octanol–water partition coefficient (Wildman–Crippen LogP) is 4.50. The summed E-state index contributed by atoms with van der Waals surface area (Å²) in [6.45, 7) is 2.82. The Morgan fingerprint density at radius 2 is 1.71 bits per heavy atom. The number of nitrogens with one attached hydrogen (secondary N) is 2. The van der Waals surface area contributed by atoms with Gasteiger partial charge in [0.1, 0.15) is 17.9 Å². The zero-order chi connectivity index (χ0) is 24.4. The number of benzene rings is 2. The molecular formula is C24H28N4O5S. The van der Waals surface area contributed by atoms with Crippen molar-refractivity contribution in [1.29, 1.82) is 0 Å². The van der Waals surface area contributed by atoms with E-state index < -0.39 is 10.0 Å². The molecule has 0 aliphatic heterocycles. The largest absolute Gasteiger partial charge is 0.494 e. The molecule has 0 aliphatic carbocycles. The molecule has 0 bridgehead atoms. The van der Waals surface area contributed by atoms with E-state index in [2.05, 4.69) is 26.9 Å². The second-order valence-electron chi connectivity index (χ2n) is 7.46. The second-order valence-corrected chi connectivity index (χ2v) is 9.15. The molecule has 3 aromatic rings. The van der Waals surface area contributed by atoms with E-state index in [0.29, 0.717) is 17.9 Å². The van der Waals surface area contributed by atoms with Crippen LogP contribution >= 0.6 is 0 Å². The quantitative estimate of drug-likeness (QED) is 0.363. The lowest BCUT2D eigenvalue weighted by atomic mass is 10.2. The fraction of sp³-hybridized carbons (Fsp3) is 0.292. The number of rotatable bonds is 12. The highest BCUT2D eigenvalue weighted by atomic mass is 32.2. The summed E-state index contributed by atoms with van der Waals surface area (Å²) >= 11 is 0. The van der Waals surface area contributed by atoms with Crippen LogP contribution in [-0.4, -0.2) is 38.0 Å². The average Bonchev–Trinajstić information content (AvgIpc) is 2.84. The maximum Gasteiger partial charge on any atom is 0.263 e. The van der Waals surface area contributed by atoms with Crippen LogP contribution in [0.5, 0.6) is 11.6 Å². The van der Waals surface area contributed by atoms with Gasteiger partial charge in [0, 0.05) is 17.3 Å². The summed E-state index contributed by atoms with van der Waals surface area (Å²) in [4.78, 5) is 20.3. The predicted molar refractivity (Wildman–Crippen MR) is 130 cm³/mol. The van der Waals surface area contributed by atoms with Crippen molar-refractivity contribution >= 4 is 27.4 Å². The van der Waals surface area contributed by atoms with E-state index in [1.165, 1.54) is 56.6 Å². The summed E-state index contributed by atoms with van der Waals surface area (Å²) in [5, 5.41) is 2.76. The first-order valence-corrected chi connectivity index (χ1v) is 12.4. The van der Waals surface area contributed by atoms with Crippen LogP contribution in [0.3, 0.4) is 0 Å². The molecule has 0 saturated carbocycles. The first kappa shape index (κ1) is 25.0. The van der Waals surface area contributed by atoms with Gasteiger partial charge in [-0.1, -0.05) is 26.2 Å². The van der Waals surface area contributed by atoms with Gasteiger partial charge in [0.2, 0.25) is 5.88 Å². The molecule has 0 saturated heterocycles. The number of unbranched alkanes of at least 4 members (excludes halogenated alkanes) is 3. The van der Waals surface area contributed by atoms with Gasteiger partial charge in [-0.05, 0) is 55.0 Å². The zero-order valence-electron chi connectivity index (χ0n) is 19.2. The smallest absolute Gasteiger partial charge is 0.263 e. The van der Waals surface area contributed by atoms with Crippen LogP contribution in [-0.2, 0) is 10.0 Å². The summed E-state index contributed by atoms with van der Waals surface area (Å²) in [5.74, 6) is 0.725. The Labute approximate surface area is 199 Å². The topological polar surface area (TPSA) is 120 Å². The number of nitrogens with zero attached hydrogens (tertiary/aromatic N) is 2. The minimum Gasteiger partial charge on any atom is -0.494 e. The third-order valence-corrected chi connectivity index (χ3v) is 6.27. The molecule has 9 nitrogen and oxygen atoms in total. The van der Waals surface area contributed by atoms with Gasteiger partial charge in [-0.3, -0.25) is 9.52 Å². The minimum absolute atomic E-state index is 0.0171. The molecule has 34 heavy (non-hydrogen) atoms. The summed E-state index contributed by atoms with van der Waals surface area (Å²) in [6.07, 6.45) is 5.72. The van der Waals surface area contributed by atoms with E-state index in [-0.39, 0.29) is 22.5 Å². The van der Waals surface area contributed by atoms with Crippen molar-refractivity contribution in [1.82, 2.24) is 9.97 Å². The van der Waals surface area contributed by atoms with Gasteiger partial charge in [-0.25, -0.2) is 18.4 Å². The molecule has 1 amide bonds. The number of hydrogen-bond acceptors (Lipinski definition) is 7. The highest BCUT2D eigenvalue weighted by Gasteiger charge is 2.16. The Balaban J connectivity index is 1.56. The van der Waals surface area contributed by atoms with Crippen LogP contribution in [0, 0.1) is 0 Å². The molecule has 0 fully saturated rings. The maximum atomic E-state index is 12.6. The second kappa shape index (κ2) is 12.0. The van der Waals surface area contributed by atoms with Crippen LogP contribution < -0.4 is 19.5 Å². The maximum absolute atomic E-state index is 12.6. The van der Waals surface area contributed by atoms with Gasteiger partial charge in [-0.2, -0.15) is 0 Å². The first-order chi connectivity index (χ1) is 16.4. The Bertz CT molecular complexity index is 1180. The van der Waals surface area contributed by atoms with E-state index in [9.17, 15) is 13.2 Å². The molecule has 0 spiro atoms. The molecule has 180 valence electrons. The van der Waals surface area contributed by atoms with Crippen molar-refractivity contribution in [2.45, 2.75) is 37.5 Å². The molecule has 10 heteroatoms. The summed E-state index contributed by atoms with van der Waals surface area (Å²) in [6, 6.07) is 14.1. The Hall–Kier alpha value is -3.66. The molecule has 1 heterocycles. The van der Waals surface area contributed by atoms with Gasteiger partial charge < -0.3 is 14.8 Å². The van der Waals surface area contributed by atoms with E-state index in [1.54, 1.807) is 24.3 Å². The molecule has 3 rings (SSSR count). The van der Waals surface area contributed by atoms with Crippen molar-refractivity contribution in [2.75, 3.05) is 23.8 Å². The number of methoxy groups -OCH3 is 1. The number of hydrogen-bond donors (Lipinski definition) is 2. The highest BCUT2D eigenvalue weighted by Crippen LogP contribution is 2.20. The number of amides is 1. The fourth-order valence-corrected chi connectivity index (χ4v) is 4.04. The molecule has 2 N–H and O–H groups in total. The monoisotopic (exact) mass is 484 g/mol. The molecular weight excluding hydrogens is 456 g/mol. The van der Waals surface area contributed by atoms with Gasteiger partial charge in [0.15, 0.2) is 0 Å². The number of ether oxygens (including phenoxy) is 2. The average molecular weight is 485 g/mol. The van der Waals surface area contributed by atoms with Gasteiger partial charge in [-0.15, -0.1) is 0 Å². The van der Waals surface area contributed by atoms with Crippen LogP contribution in [0.25, 0.3) is 0 Å². The van der Waals surface area contributed by atoms with E-state index in [1.807, 2.05) is 0 Å². The standard InChI is InChI=1S/C24H28N4O5S/c1-3-4-5-6-15-33-20-11-7-18(8-12-20)24(29)27-19-9-13-21(14-10-19)34(30,31)28-22-16-23(32-2)26-17-25-22/h7-14,16-17H,3-6,15H2,1-2H3,(H,27,29)(H,25,26,28). The molecule has 0 atom stereocenters. The van der Waals surface area contributed by atoms with Crippen molar-refractivity contribution in [2.24, 2.45) is 0 Å². The molecule has 0 aliphatic rings. The lowest BCUT2D eigenvalue weighted by Crippen LogP contribution is -2.15. The lowest BCUT2D eigenvalue weighted by Gasteiger charge is -2.10. The number of carbonyl (C=O) groups excluding carboxylic acids is 1. The van der Waals surface area contributed by atoms with Gasteiger partial charge >= 0.3 is 0 Å². The van der Waals surface area contributed by atoms with E-state index in [0.717, 1.165) is 18.6 Å². The number of aromatic nitrogens is 2. The summed E-state index contributed by atoms with van der Waals surface area (Å²) < 4.78 is 38.2. The van der Waals surface area contributed by atoms with Gasteiger partial charge in [0.25, 0.3) is 15.9 Å². The molecule has 0 unspecified atom stereocenters. The van der Waals surface area contributed by atoms with Crippen LogP contribution in [0.1, 0.15) is 43.0 Å². The zero-order valence-corrected chi connectivity index (χ0v) is 20.0. The third-order valence-electron chi connectivity index (χ3n) is 4.90. The highest BCUT2D eigenvalue weighted by molar-refractivity contribution is 7.92. The first-order valence-electron chi connectivity index (χ1n) is 10.9. The SMILES string of the molecule is CCCCCCOc1ccc(C(=O)Nc2ccc(S(=O)(=O)Nc3cc(OC)ncn3)cc2)cc1. The van der Waals surface area contributed by atoms with Crippen LogP contribution in [0.4, 0.5) is 11.5 Å². The normalized spacial score (nSPS) is 11.0. The summed E-state index contributed by atoms with van der Waals surface area (Å²) in [5.41, 5.74) is 0.929. The van der Waals surface area contributed by atoms with Crippen LogP contribution in [0.15, 0.2) is 65.8 Å². The Morgan fingerprint density at radius 3 is 2.38 bits per heavy atom. The number of sulfonamides is 1. The van der Waals surface area contributed by atoms with Crippen molar-refractivity contribution < 1.29 is 22.7 Å². The van der Waals surface area contributed by atoms with Crippen LogP contribution in [0.2, 0.25) is 0 Å². The number of carbonyl (C=O) groups is 1. The lowest BCUT2D eigenvalue weighted by molar-refractivity contribution is 0.102. The Morgan fingerprint density at radius 1 is 0.971 bits per heavy atom. The minimum atomic E-state index is -3.88. The van der Waals surface area contributed by atoms with E-state index in [4.69, 9.17) is 9.47 Å². The van der Waals surface area contributed by atoms with Crippen molar-refractivity contribution in [3.63, 3.8) is 0 Å². The number of anilines is 2. The Kier molecular flexibility index (Phi) is 8.80. The molecule has 0 radical (unpaired) electrons. The summed E-state index contributed by atoms with van der Waals surface area (Å²) in [7, 11) is -2.45. The van der Waals surface area contributed by atoms with Gasteiger partial charge in [0.05, 0.1) is 18.6 Å². The van der Waals surface area contributed by atoms with Crippen molar-refractivity contribution in [3.05, 3.63) is 66.5 Å². The molecule has 2 aromatic carbocycles. The van der Waals surface area contributed by atoms with E-state index >= 15 is 0 Å².